The lowest BCUT2D eigenvalue weighted by Crippen LogP contribution is -2.51. The number of anilines is 3. The highest BCUT2D eigenvalue weighted by Crippen LogP contribution is 2.60. The number of nitro groups is 1. The molecule has 7 rings (SSSR count). The number of hydrogen-bond donors (Lipinski definition) is 3. The molecule has 0 aliphatic carbocycles. The SMILES string of the molecule is COc1ccc([Si](C)(C)[C@H]2[C@H](CCn3cc(CCO)nn3)O[C@@]3(C(=O)N(Cc4ccc(NC(=O)c5ccc(N)cc5)cc4)c4ccc([N+](=O)[O-])cc43)[C@@H]2C)cc1. The molecule has 0 saturated carbocycles. The van der Waals surface area contributed by atoms with Gasteiger partial charge in [-0.2, -0.15) is 0 Å². The van der Waals surface area contributed by atoms with Gasteiger partial charge in [0, 0.05) is 66.3 Å². The molecular formula is C41H45N7O7Si. The quantitative estimate of drug-likeness (QED) is 0.0604. The van der Waals surface area contributed by atoms with Crippen LogP contribution in [0.25, 0.3) is 0 Å². The van der Waals surface area contributed by atoms with E-state index in [-0.39, 0.29) is 42.1 Å². The highest BCUT2D eigenvalue weighted by molar-refractivity contribution is 6.91. The Morgan fingerprint density at radius 2 is 1.79 bits per heavy atom. The molecule has 290 valence electrons. The molecule has 0 radical (unpaired) electrons. The van der Waals surface area contributed by atoms with Crippen molar-refractivity contribution in [2.75, 3.05) is 29.7 Å². The van der Waals surface area contributed by atoms with Gasteiger partial charge in [0.1, 0.15) is 5.75 Å². The van der Waals surface area contributed by atoms with Crippen LogP contribution in [0, 0.1) is 16.0 Å². The van der Waals surface area contributed by atoms with Crippen LogP contribution in [0.15, 0.2) is 97.2 Å². The first-order valence-corrected chi connectivity index (χ1v) is 21.6. The molecule has 5 aromatic rings. The fraction of sp³-hybridized carbons (Fsp3) is 0.317. The number of amides is 2. The van der Waals surface area contributed by atoms with Crippen LogP contribution in [0.5, 0.6) is 5.75 Å². The third kappa shape index (κ3) is 7.04. The molecule has 2 aliphatic heterocycles. The number of aliphatic hydroxyl groups excluding tert-OH is 1. The predicted octanol–water partition coefficient (Wildman–Crippen LogP) is 5.42. The molecular weight excluding hydrogens is 731 g/mol. The standard InChI is InChI=1S/C41H45N7O7Si/c1-26-38(56(3,4)34-16-14-33(54-2)15-17-34)37(19-21-46-25-31(20-22-49)44-45-46)55-41(26)35-23-32(48(52)53)13-18-36(35)47(40(41)51)24-27-5-11-30(12-6-27)43-39(50)28-7-9-29(42)10-8-28/h5-18,23,25-26,37-38,49H,19-22,24,42H2,1-4H3,(H,43,50)/t26-,37+,38-,41+/m1/s1. The summed E-state index contributed by atoms with van der Waals surface area (Å²) in [5.41, 5.74) is 8.16. The number of ether oxygens (including phenoxy) is 2. The first-order valence-electron chi connectivity index (χ1n) is 18.5. The topological polar surface area (TPSA) is 188 Å². The van der Waals surface area contributed by atoms with Gasteiger partial charge in [0.15, 0.2) is 5.60 Å². The summed E-state index contributed by atoms with van der Waals surface area (Å²) in [5, 5.41) is 34.1. The minimum atomic E-state index is -2.48. The van der Waals surface area contributed by atoms with Crippen molar-refractivity contribution in [3.63, 3.8) is 0 Å². The smallest absolute Gasteiger partial charge is 0.269 e. The zero-order chi connectivity index (χ0) is 39.8. The Bertz CT molecular complexity index is 2250. The third-order valence-corrected chi connectivity index (χ3v) is 15.7. The van der Waals surface area contributed by atoms with Gasteiger partial charge in [0.05, 0.1) is 44.1 Å². The minimum Gasteiger partial charge on any atom is -0.497 e. The molecule has 1 saturated heterocycles. The lowest BCUT2D eigenvalue weighted by Gasteiger charge is -2.37. The second-order valence-electron chi connectivity index (χ2n) is 15.0. The molecule has 2 aliphatic rings. The summed E-state index contributed by atoms with van der Waals surface area (Å²) in [6.45, 7) is 7.19. The number of nitrogens with zero attached hydrogens (tertiary/aromatic N) is 5. The molecule has 1 fully saturated rings. The van der Waals surface area contributed by atoms with Crippen molar-refractivity contribution in [3.8, 4) is 5.75 Å². The number of nitrogen functional groups attached to an aromatic ring is 1. The van der Waals surface area contributed by atoms with E-state index in [1.165, 1.54) is 12.1 Å². The van der Waals surface area contributed by atoms with Gasteiger partial charge in [0.2, 0.25) is 0 Å². The first-order chi connectivity index (χ1) is 26.8. The number of nitrogens with two attached hydrogens (primary N) is 1. The average Bonchev–Trinajstić information content (AvgIpc) is 3.84. The van der Waals surface area contributed by atoms with Crippen molar-refractivity contribution in [1.82, 2.24) is 15.0 Å². The lowest BCUT2D eigenvalue weighted by molar-refractivity contribution is -0.385. The van der Waals surface area contributed by atoms with Crippen molar-refractivity contribution < 1.29 is 29.1 Å². The number of non-ortho nitro benzene ring substituents is 1. The van der Waals surface area contributed by atoms with E-state index in [1.807, 2.05) is 31.2 Å². The molecule has 1 spiro atoms. The summed E-state index contributed by atoms with van der Waals surface area (Å²) in [6.07, 6.45) is 2.29. The van der Waals surface area contributed by atoms with Gasteiger partial charge >= 0.3 is 0 Å². The summed E-state index contributed by atoms with van der Waals surface area (Å²) in [6, 6.07) is 26.5. The maximum atomic E-state index is 15.2. The van der Waals surface area contributed by atoms with Crippen molar-refractivity contribution in [1.29, 1.82) is 0 Å². The van der Waals surface area contributed by atoms with Crippen LogP contribution < -0.4 is 25.9 Å². The summed E-state index contributed by atoms with van der Waals surface area (Å²) < 4.78 is 14.3. The Hall–Kier alpha value is -5.90. The Morgan fingerprint density at radius 1 is 1.07 bits per heavy atom. The molecule has 0 unspecified atom stereocenters. The Labute approximate surface area is 325 Å². The van der Waals surface area contributed by atoms with Crippen molar-refractivity contribution in [3.05, 3.63) is 130 Å². The van der Waals surface area contributed by atoms with Crippen LogP contribution in [0.2, 0.25) is 18.6 Å². The fourth-order valence-corrected chi connectivity index (χ4v) is 12.6. The van der Waals surface area contributed by atoms with E-state index in [9.17, 15) is 20.0 Å². The Balaban J connectivity index is 1.23. The zero-order valence-corrected chi connectivity index (χ0v) is 32.7. The van der Waals surface area contributed by atoms with E-state index in [1.54, 1.807) is 65.4 Å². The third-order valence-electron chi connectivity index (χ3n) is 11.4. The second kappa shape index (κ2) is 15.3. The van der Waals surface area contributed by atoms with Gasteiger partial charge in [-0.25, -0.2) is 0 Å². The van der Waals surface area contributed by atoms with Gasteiger partial charge in [-0.05, 0) is 72.1 Å². The number of carbonyl (C=O) groups excluding carboxylic acids is 2. The lowest BCUT2D eigenvalue weighted by atomic mass is 9.82. The van der Waals surface area contributed by atoms with Crippen LogP contribution in [0.4, 0.5) is 22.7 Å². The molecule has 3 heterocycles. The van der Waals surface area contributed by atoms with Crippen molar-refractivity contribution in [2.45, 2.75) is 63.2 Å². The molecule has 56 heavy (non-hydrogen) atoms. The number of nitro benzene ring substituents is 1. The Kier molecular flexibility index (Phi) is 10.5. The number of methoxy groups -OCH3 is 1. The van der Waals surface area contributed by atoms with Gasteiger partial charge in [0.25, 0.3) is 17.5 Å². The number of aryl methyl sites for hydroxylation is 1. The molecule has 15 heteroatoms. The minimum absolute atomic E-state index is 0.0381. The Morgan fingerprint density at radius 3 is 2.45 bits per heavy atom. The average molecular weight is 776 g/mol. The normalized spacial score (nSPS) is 20.3. The van der Waals surface area contributed by atoms with Gasteiger partial charge in [-0.1, -0.05) is 54.7 Å². The second-order valence-corrected chi connectivity index (χ2v) is 19.7. The zero-order valence-electron chi connectivity index (χ0n) is 31.7. The first kappa shape index (κ1) is 38.4. The number of fused-ring (bicyclic) bond motifs is 2. The maximum Gasteiger partial charge on any atom is 0.269 e. The summed E-state index contributed by atoms with van der Waals surface area (Å²) >= 11 is 0. The number of aromatic nitrogens is 3. The van der Waals surface area contributed by atoms with Crippen molar-refractivity contribution >= 4 is 47.8 Å². The largest absolute Gasteiger partial charge is 0.497 e. The van der Waals surface area contributed by atoms with E-state index in [0.29, 0.717) is 53.3 Å². The highest BCUT2D eigenvalue weighted by Gasteiger charge is 2.66. The molecule has 4 N–H and O–H groups in total. The van der Waals surface area contributed by atoms with Gasteiger partial charge < -0.3 is 30.5 Å². The van der Waals surface area contributed by atoms with Crippen LogP contribution in [0.1, 0.15) is 40.5 Å². The molecule has 14 nitrogen and oxygen atoms in total. The van der Waals surface area contributed by atoms with Crippen LogP contribution in [0.3, 0.4) is 0 Å². The van der Waals surface area contributed by atoms with E-state index in [4.69, 9.17) is 15.2 Å². The number of aliphatic hydroxyl groups is 1. The van der Waals surface area contributed by atoms with Crippen LogP contribution >= 0.6 is 0 Å². The molecule has 0 bridgehead atoms. The molecule has 1 aromatic heterocycles. The number of nitrogens with one attached hydrogen (secondary N) is 1. The predicted molar refractivity (Wildman–Crippen MR) is 215 cm³/mol. The number of hydrogen-bond acceptors (Lipinski definition) is 10. The van der Waals surface area contributed by atoms with E-state index in [2.05, 4.69) is 40.9 Å². The van der Waals surface area contributed by atoms with Crippen LogP contribution in [-0.2, 0) is 34.6 Å². The fourth-order valence-electron chi connectivity index (χ4n) is 8.49. The number of carbonyl (C=O) groups is 2. The van der Waals surface area contributed by atoms with Gasteiger partial charge in [-0.3, -0.25) is 24.4 Å². The maximum absolute atomic E-state index is 15.2. The molecule has 2 amide bonds. The van der Waals surface area contributed by atoms with Gasteiger partial charge in [-0.15, -0.1) is 5.10 Å². The summed E-state index contributed by atoms with van der Waals surface area (Å²) in [7, 11) is -0.853. The monoisotopic (exact) mass is 775 g/mol. The summed E-state index contributed by atoms with van der Waals surface area (Å²) in [5.74, 6) is -0.190. The van der Waals surface area contributed by atoms with Crippen molar-refractivity contribution in [2.24, 2.45) is 5.92 Å². The van der Waals surface area contributed by atoms with E-state index in [0.717, 1.165) is 16.5 Å². The molecule has 4 aromatic carbocycles. The number of rotatable bonds is 13. The highest BCUT2D eigenvalue weighted by atomic mass is 28.3. The number of benzene rings is 4. The van der Waals surface area contributed by atoms with E-state index < -0.39 is 24.7 Å². The molecule has 4 atom stereocenters. The van der Waals surface area contributed by atoms with E-state index >= 15 is 4.79 Å². The van der Waals surface area contributed by atoms with Crippen LogP contribution in [-0.4, -0.2) is 64.7 Å². The summed E-state index contributed by atoms with van der Waals surface area (Å²) in [4.78, 5) is 41.4.